The van der Waals surface area contributed by atoms with Crippen molar-refractivity contribution in [1.29, 1.82) is 0 Å². The minimum absolute atomic E-state index is 0.0531. The van der Waals surface area contributed by atoms with Crippen molar-refractivity contribution in [2.45, 2.75) is 19.3 Å². The number of rotatable bonds is 4. The van der Waals surface area contributed by atoms with E-state index >= 15 is 0 Å². The van der Waals surface area contributed by atoms with Crippen LogP contribution >= 0.6 is 15.9 Å². The van der Waals surface area contributed by atoms with Crippen LogP contribution in [-0.4, -0.2) is 0 Å². The lowest BCUT2D eigenvalue weighted by Gasteiger charge is -2.14. The Bertz CT molecular complexity index is 629. The van der Waals surface area contributed by atoms with Gasteiger partial charge in [0.2, 0.25) is 0 Å². The second-order valence-electron chi connectivity index (χ2n) is 4.44. The highest BCUT2D eigenvalue weighted by molar-refractivity contribution is 9.10. The molecule has 0 spiro atoms. The molecule has 2 N–H and O–H groups in total. The van der Waals surface area contributed by atoms with Crippen molar-refractivity contribution >= 4 is 15.9 Å². The van der Waals surface area contributed by atoms with Crippen molar-refractivity contribution in [1.82, 2.24) is 0 Å². The van der Waals surface area contributed by atoms with Gasteiger partial charge in [0.05, 0.1) is 5.56 Å². The van der Waals surface area contributed by atoms with Crippen LogP contribution in [0.25, 0.3) is 0 Å². The van der Waals surface area contributed by atoms with Crippen molar-refractivity contribution < 1.29 is 17.9 Å². The van der Waals surface area contributed by atoms with Gasteiger partial charge >= 0.3 is 6.18 Å². The largest absolute Gasteiger partial charge is 0.489 e. The Balaban J connectivity index is 2.18. The number of hydrogen-bond acceptors (Lipinski definition) is 2. The second-order valence-corrected chi connectivity index (χ2v) is 5.36. The average molecular weight is 360 g/mol. The fraction of sp³-hybridized carbons (Fsp3) is 0.200. The molecule has 2 aromatic rings. The van der Waals surface area contributed by atoms with Gasteiger partial charge in [-0.25, -0.2) is 0 Å². The summed E-state index contributed by atoms with van der Waals surface area (Å²) in [6, 6.07) is 11.2. The summed E-state index contributed by atoms with van der Waals surface area (Å²) in [5.41, 5.74) is 5.49. The molecule has 0 atom stereocenters. The van der Waals surface area contributed by atoms with Crippen LogP contribution in [0.2, 0.25) is 0 Å². The highest BCUT2D eigenvalue weighted by atomic mass is 79.9. The molecule has 0 saturated carbocycles. The first-order valence-corrected chi connectivity index (χ1v) is 6.97. The van der Waals surface area contributed by atoms with Gasteiger partial charge in [0, 0.05) is 11.0 Å². The van der Waals surface area contributed by atoms with Crippen LogP contribution in [0.3, 0.4) is 0 Å². The van der Waals surface area contributed by atoms with Gasteiger partial charge < -0.3 is 10.5 Å². The lowest BCUT2D eigenvalue weighted by molar-refractivity contribution is -0.138. The Labute approximate surface area is 128 Å². The van der Waals surface area contributed by atoms with E-state index in [2.05, 4.69) is 15.9 Å². The summed E-state index contributed by atoms with van der Waals surface area (Å²) < 4.78 is 45.1. The summed E-state index contributed by atoms with van der Waals surface area (Å²) in [5.74, 6) is 0.166. The van der Waals surface area contributed by atoms with Crippen LogP contribution in [0.15, 0.2) is 46.9 Å². The summed E-state index contributed by atoms with van der Waals surface area (Å²) in [4.78, 5) is 0. The number of ether oxygens (including phenoxy) is 1. The molecule has 6 heteroatoms. The van der Waals surface area contributed by atoms with E-state index in [1.54, 1.807) is 0 Å². The van der Waals surface area contributed by atoms with Gasteiger partial charge in [-0.3, -0.25) is 0 Å². The third-order valence-corrected chi connectivity index (χ3v) is 3.39. The van der Waals surface area contributed by atoms with Crippen LogP contribution in [0.1, 0.15) is 16.7 Å². The maximum absolute atomic E-state index is 12.9. The van der Waals surface area contributed by atoms with E-state index in [1.165, 1.54) is 12.1 Å². The minimum atomic E-state index is -4.44. The van der Waals surface area contributed by atoms with Gasteiger partial charge in [0.15, 0.2) is 0 Å². The van der Waals surface area contributed by atoms with Crippen LogP contribution in [-0.2, 0) is 19.3 Å². The zero-order valence-electron chi connectivity index (χ0n) is 11.0. The predicted octanol–water partition coefficient (Wildman–Crippen LogP) is 4.51. The molecule has 0 aliphatic rings. The number of halogens is 4. The first-order valence-electron chi connectivity index (χ1n) is 6.17. The molecule has 0 amide bonds. The molecule has 2 aromatic carbocycles. The van der Waals surface area contributed by atoms with E-state index in [4.69, 9.17) is 10.5 Å². The van der Waals surface area contributed by atoms with Gasteiger partial charge in [-0.15, -0.1) is 0 Å². The van der Waals surface area contributed by atoms with Gasteiger partial charge in [0.25, 0.3) is 0 Å². The highest BCUT2D eigenvalue weighted by Crippen LogP contribution is 2.34. The molecule has 2 rings (SSSR count). The van der Waals surface area contributed by atoms with Gasteiger partial charge in [-0.2, -0.15) is 13.2 Å². The molecule has 0 bridgehead atoms. The molecule has 21 heavy (non-hydrogen) atoms. The standard InChI is InChI=1S/C15H13BrF3NO/c16-12-3-1-2-10(6-12)9-21-13-5-4-11(8-20)14(7-13)15(17,18)19/h1-7H,8-9,20H2. The quantitative estimate of drug-likeness (QED) is 0.871. The molecule has 112 valence electrons. The molecule has 0 aliphatic heterocycles. The molecule has 0 aliphatic carbocycles. The molecule has 0 saturated heterocycles. The lowest BCUT2D eigenvalue weighted by atomic mass is 10.1. The highest BCUT2D eigenvalue weighted by Gasteiger charge is 2.33. The summed E-state index contributed by atoms with van der Waals surface area (Å²) in [6.45, 7) is 0.0272. The van der Waals surface area contributed by atoms with Gasteiger partial charge in [-0.05, 0) is 35.4 Å². The average Bonchev–Trinajstić information content (AvgIpc) is 2.44. The van der Waals surface area contributed by atoms with Crippen molar-refractivity contribution in [3.05, 3.63) is 63.6 Å². The normalized spacial score (nSPS) is 11.5. The van der Waals surface area contributed by atoms with Crippen LogP contribution in [0.4, 0.5) is 13.2 Å². The summed E-state index contributed by atoms with van der Waals surface area (Å²) in [7, 11) is 0. The first kappa shape index (κ1) is 15.9. The molecular weight excluding hydrogens is 347 g/mol. The molecular formula is C15H13BrF3NO. The van der Waals surface area contributed by atoms with E-state index < -0.39 is 11.7 Å². The van der Waals surface area contributed by atoms with E-state index in [1.807, 2.05) is 24.3 Å². The predicted molar refractivity (Wildman–Crippen MR) is 77.8 cm³/mol. The van der Waals surface area contributed by atoms with Gasteiger partial charge in [0.1, 0.15) is 12.4 Å². The zero-order valence-corrected chi connectivity index (χ0v) is 12.5. The maximum Gasteiger partial charge on any atom is 0.416 e. The number of benzene rings is 2. The van der Waals surface area contributed by atoms with E-state index in [9.17, 15) is 13.2 Å². The third kappa shape index (κ3) is 4.22. The molecule has 0 fully saturated rings. The zero-order chi connectivity index (χ0) is 15.5. The topological polar surface area (TPSA) is 35.2 Å². The molecule has 0 unspecified atom stereocenters. The SMILES string of the molecule is NCc1ccc(OCc2cccc(Br)c2)cc1C(F)(F)F. The Morgan fingerprint density at radius 1 is 1.10 bits per heavy atom. The number of hydrogen-bond donors (Lipinski definition) is 1. The second kappa shape index (κ2) is 6.49. The summed E-state index contributed by atoms with van der Waals surface area (Å²) in [6.07, 6.45) is -4.44. The Hall–Kier alpha value is -1.53. The maximum atomic E-state index is 12.9. The monoisotopic (exact) mass is 359 g/mol. The Morgan fingerprint density at radius 3 is 2.48 bits per heavy atom. The Morgan fingerprint density at radius 2 is 1.86 bits per heavy atom. The first-order chi connectivity index (χ1) is 9.90. The molecule has 0 radical (unpaired) electrons. The third-order valence-electron chi connectivity index (χ3n) is 2.90. The van der Waals surface area contributed by atoms with Crippen molar-refractivity contribution in [2.24, 2.45) is 5.73 Å². The van der Waals surface area contributed by atoms with E-state index in [0.29, 0.717) is 0 Å². The van der Waals surface area contributed by atoms with Gasteiger partial charge in [-0.1, -0.05) is 34.1 Å². The smallest absolute Gasteiger partial charge is 0.416 e. The number of nitrogens with two attached hydrogens (primary N) is 1. The molecule has 2 nitrogen and oxygen atoms in total. The van der Waals surface area contributed by atoms with Crippen LogP contribution in [0, 0.1) is 0 Å². The van der Waals surface area contributed by atoms with Crippen LogP contribution < -0.4 is 10.5 Å². The van der Waals surface area contributed by atoms with Crippen molar-refractivity contribution in [3.63, 3.8) is 0 Å². The fourth-order valence-corrected chi connectivity index (χ4v) is 2.33. The molecule has 0 aromatic heterocycles. The number of alkyl halides is 3. The Kier molecular flexibility index (Phi) is 4.90. The van der Waals surface area contributed by atoms with Crippen molar-refractivity contribution in [3.8, 4) is 5.75 Å². The summed E-state index contributed by atoms with van der Waals surface area (Å²) in [5, 5.41) is 0. The lowest BCUT2D eigenvalue weighted by Crippen LogP contribution is -2.12. The minimum Gasteiger partial charge on any atom is -0.489 e. The molecule has 0 heterocycles. The van der Waals surface area contributed by atoms with Crippen molar-refractivity contribution in [2.75, 3.05) is 0 Å². The van der Waals surface area contributed by atoms with E-state index in [0.717, 1.165) is 16.1 Å². The van der Waals surface area contributed by atoms with E-state index in [-0.39, 0.29) is 24.5 Å². The fourth-order valence-electron chi connectivity index (χ4n) is 1.88. The van der Waals surface area contributed by atoms with Crippen LogP contribution in [0.5, 0.6) is 5.75 Å². The summed E-state index contributed by atoms with van der Waals surface area (Å²) >= 11 is 3.33.